The third-order valence-corrected chi connectivity index (χ3v) is 3.30. The fourth-order valence-corrected chi connectivity index (χ4v) is 1.75. The van der Waals surface area contributed by atoms with Crippen molar-refractivity contribution >= 4 is 18.3 Å². The Kier molecular flexibility index (Phi) is 8.05. The molecule has 0 aromatic heterocycles. The molecule has 0 saturated heterocycles. The molecule has 7 heteroatoms. The van der Waals surface area contributed by atoms with E-state index in [1.807, 2.05) is 0 Å². The maximum absolute atomic E-state index is 12.0. The van der Waals surface area contributed by atoms with Crippen molar-refractivity contribution in [1.82, 2.24) is 5.32 Å². The highest BCUT2D eigenvalue weighted by Gasteiger charge is 2.25. The van der Waals surface area contributed by atoms with Crippen molar-refractivity contribution < 1.29 is 19.0 Å². The largest absolute Gasteiger partial charge is 0.493 e. The average molecular weight is 333 g/mol. The molecular weight excluding hydrogens is 308 g/mol. The number of halogens is 1. The van der Waals surface area contributed by atoms with E-state index in [4.69, 9.17) is 19.9 Å². The molecule has 6 nitrogen and oxygen atoms in total. The fourth-order valence-electron chi connectivity index (χ4n) is 1.75. The zero-order valence-corrected chi connectivity index (χ0v) is 14.5. The van der Waals surface area contributed by atoms with E-state index in [0.29, 0.717) is 23.8 Å². The second-order valence-electron chi connectivity index (χ2n) is 5.30. The van der Waals surface area contributed by atoms with Gasteiger partial charge in [-0.15, -0.1) is 12.4 Å². The molecule has 1 amide bonds. The Bertz CT molecular complexity index is 481. The van der Waals surface area contributed by atoms with Crippen LogP contribution in [0, 0.1) is 5.41 Å². The van der Waals surface area contributed by atoms with Crippen molar-refractivity contribution in [3.8, 4) is 17.2 Å². The van der Waals surface area contributed by atoms with Crippen LogP contribution in [0.4, 0.5) is 0 Å². The van der Waals surface area contributed by atoms with E-state index < -0.39 is 5.41 Å². The molecule has 0 heterocycles. The number of hydrogen-bond donors (Lipinski definition) is 2. The Balaban J connectivity index is 0.00000441. The molecule has 3 N–H and O–H groups in total. The Morgan fingerprint density at radius 2 is 1.64 bits per heavy atom. The number of ether oxygens (including phenoxy) is 3. The minimum atomic E-state index is -0.597. The van der Waals surface area contributed by atoms with E-state index in [-0.39, 0.29) is 24.9 Å². The van der Waals surface area contributed by atoms with Gasteiger partial charge in [0.15, 0.2) is 11.5 Å². The highest BCUT2D eigenvalue weighted by molar-refractivity contribution is 5.85. The summed E-state index contributed by atoms with van der Waals surface area (Å²) in [6.45, 7) is 4.25. The van der Waals surface area contributed by atoms with Gasteiger partial charge in [0.2, 0.25) is 11.7 Å². The third kappa shape index (κ3) is 4.68. The molecule has 0 radical (unpaired) electrons. The Labute approximate surface area is 137 Å². The number of amides is 1. The quantitative estimate of drug-likeness (QED) is 0.794. The van der Waals surface area contributed by atoms with E-state index >= 15 is 0 Å². The number of rotatable bonds is 7. The van der Waals surface area contributed by atoms with Gasteiger partial charge in [0, 0.05) is 13.1 Å². The number of carbonyl (C=O) groups excluding carboxylic acids is 1. The van der Waals surface area contributed by atoms with E-state index in [0.717, 1.165) is 5.56 Å². The van der Waals surface area contributed by atoms with Crippen molar-refractivity contribution in [2.24, 2.45) is 11.1 Å². The topological polar surface area (TPSA) is 82.8 Å². The van der Waals surface area contributed by atoms with Crippen LogP contribution in [0.15, 0.2) is 12.1 Å². The lowest BCUT2D eigenvalue weighted by Gasteiger charge is -2.21. The first kappa shape index (κ1) is 20.3. The molecule has 1 aromatic rings. The van der Waals surface area contributed by atoms with Gasteiger partial charge >= 0.3 is 0 Å². The molecule has 22 heavy (non-hydrogen) atoms. The van der Waals surface area contributed by atoms with E-state index in [1.54, 1.807) is 47.3 Å². The van der Waals surface area contributed by atoms with Gasteiger partial charge in [0.1, 0.15) is 0 Å². The first-order valence-corrected chi connectivity index (χ1v) is 6.66. The molecule has 0 atom stereocenters. The van der Waals surface area contributed by atoms with Crippen LogP contribution in [0.25, 0.3) is 0 Å². The summed E-state index contributed by atoms with van der Waals surface area (Å²) in [5.74, 6) is 1.54. The van der Waals surface area contributed by atoms with Crippen LogP contribution in [0.1, 0.15) is 19.4 Å². The number of carbonyl (C=O) groups is 1. The number of nitrogens with one attached hydrogen (secondary N) is 1. The highest BCUT2D eigenvalue weighted by Crippen LogP contribution is 2.38. The maximum atomic E-state index is 12.0. The van der Waals surface area contributed by atoms with Crippen LogP contribution in [0.5, 0.6) is 17.2 Å². The molecular formula is C15H25ClN2O4. The summed E-state index contributed by atoms with van der Waals surface area (Å²) in [4.78, 5) is 12.0. The molecule has 0 bridgehead atoms. The normalized spacial score (nSPS) is 10.5. The molecule has 0 aliphatic heterocycles. The molecule has 0 fully saturated rings. The maximum Gasteiger partial charge on any atom is 0.227 e. The number of nitrogens with two attached hydrogens (primary N) is 1. The zero-order valence-electron chi connectivity index (χ0n) is 13.7. The minimum Gasteiger partial charge on any atom is -0.493 e. The second-order valence-corrected chi connectivity index (χ2v) is 5.30. The predicted molar refractivity (Wildman–Crippen MR) is 88.0 cm³/mol. The lowest BCUT2D eigenvalue weighted by molar-refractivity contribution is -0.129. The summed E-state index contributed by atoms with van der Waals surface area (Å²) < 4.78 is 15.8. The minimum absolute atomic E-state index is 0. The van der Waals surface area contributed by atoms with Gasteiger partial charge in [-0.1, -0.05) is 0 Å². The molecule has 126 valence electrons. The standard InChI is InChI=1S/C15H24N2O4.ClH/c1-15(2,9-16)14(18)17-8-10-6-11(19-3)13(21-5)12(7-10)20-4;/h6-7H,8-9,16H2,1-5H3,(H,17,18);1H. The monoisotopic (exact) mass is 332 g/mol. The summed E-state index contributed by atoms with van der Waals surface area (Å²) in [7, 11) is 4.65. The molecule has 0 spiro atoms. The molecule has 1 aromatic carbocycles. The Morgan fingerprint density at radius 3 is 2.00 bits per heavy atom. The van der Waals surface area contributed by atoms with E-state index in [9.17, 15) is 4.79 Å². The molecule has 1 rings (SSSR count). The van der Waals surface area contributed by atoms with Crippen LogP contribution in [0.3, 0.4) is 0 Å². The first-order chi connectivity index (χ1) is 9.89. The summed E-state index contributed by atoms with van der Waals surface area (Å²) in [5, 5.41) is 2.86. The van der Waals surface area contributed by atoms with Crippen molar-refractivity contribution in [1.29, 1.82) is 0 Å². The number of methoxy groups -OCH3 is 3. The number of benzene rings is 1. The van der Waals surface area contributed by atoms with Crippen LogP contribution in [0.2, 0.25) is 0 Å². The van der Waals surface area contributed by atoms with Gasteiger partial charge in [-0.25, -0.2) is 0 Å². The molecule has 0 aliphatic carbocycles. The molecule has 0 unspecified atom stereocenters. The average Bonchev–Trinajstić information content (AvgIpc) is 2.50. The van der Waals surface area contributed by atoms with E-state index in [2.05, 4.69) is 5.32 Å². The smallest absolute Gasteiger partial charge is 0.227 e. The van der Waals surface area contributed by atoms with Gasteiger partial charge in [-0.05, 0) is 31.5 Å². The summed E-state index contributed by atoms with van der Waals surface area (Å²) in [5.41, 5.74) is 5.84. The van der Waals surface area contributed by atoms with Crippen molar-refractivity contribution in [2.45, 2.75) is 20.4 Å². The van der Waals surface area contributed by atoms with Crippen molar-refractivity contribution in [3.63, 3.8) is 0 Å². The lowest BCUT2D eigenvalue weighted by Crippen LogP contribution is -2.41. The van der Waals surface area contributed by atoms with Crippen LogP contribution < -0.4 is 25.3 Å². The van der Waals surface area contributed by atoms with Crippen molar-refractivity contribution in [2.75, 3.05) is 27.9 Å². The Morgan fingerprint density at radius 1 is 1.14 bits per heavy atom. The van der Waals surface area contributed by atoms with Gasteiger partial charge < -0.3 is 25.3 Å². The van der Waals surface area contributed by atoms with Gasteiger partial charge in [-0.2, -0.15) is 0 Å². The molecule has 0 saturated carbocycles. The first-order valence-electron chi connectivity index (χ1n) is 6.66. The van der Waals surface area contributed by atoms with Gasteiger partial charge in [0.05, 0.1) is 26.7 Å². The fraction of sp³-hybridized carbons (Fsp3) is 0.533. The number of hydrogen-bond acceptors (Lipinski definition) is 5. The lowest BCUT2D eigenvalue weighted by atomic mass is 9.92. The molecule has 0 aliphatic rings. The second kappa shape index (κ2) is 8.70. The van der Waals surface area contributed by atoms with Crippen LogP contribution in [-0.4, -0.2) is 33.8 Å². The summed E-state index contributed by atoms with van der Waals surface area (Å²) in [6.07, 6.45) is 0. The Hall–Kier alpha value is -1.66. The highest BCUT2D eigenvalue weighted by atomic mass is 35.5. The van der Waals surface area contributed by atoms with Crippen LogP contribution >= 0.6 is 12.4 Å². The zero-order chi connectivity index (χ0) is 16.0. The van der Waals surface area contributed by atoms with Gasteiger partial charge in [-0.3, -0.25) is 4.79 Å². The summed E-state index contributed by atoms with van der Waals surface area (Å²) >= 11 is 0. The summed E-state index contributed by atoms with van der Waals surface area (Å²) in [6, 6.07) is 3.61. The van der Waals surface area contributed by atoms with Crippen molar-refractivity contribution in [3.05, 3.63) is 17.7 Å². The van der Waals surface area contributed by atoms with E-state index in [1.165, 1.54) is 0 Å². The van der Waals surface area contributed by atoms with Crippen LogP contribution in [-0.2, 0) is 11.3 Å². The SMILES string of the molecule is COc1cc(CNC(=O)C(C)(C)CN)cc(OC)c1OC.Cl. The van der Waals surface area contributed by atoms with Gasteiger partial charge in [0.25, 0.3) is 0 Å². The third-order valence-electron chi connectivity index (χ3n) is 3.30. The predicted octanol–water partition coefficient (Wildman–Crippen LogP) is 1.74.